The minimum absolute atomic E-state index is 0.441. The van der Waals surface area contributed by atoms with E-state index in [2.05, 4.69) is 15.9 Å². The first-order valence-corrected chi connectivity index (χ1v) is 11.1. The van der Waals surface area contributed by atoms with Gasteiger partial charge in [-0.05, 0) is 67.5 Å². The predicted molar refractivity (Wildman–Crippen MR) is 134 cm³/mol. The normalized spacial score (nSPS) is 16.6. The van der Waals surface area contributed by atoms with Gasteiger partial charge in [0.15, 0.2) is 5.11 Å². The average molecular weight is 492 g/mol. The monoisotopic (exact) mass is 491 g/mol. The molecule has 3 aromatic carbocycles. The third kappa shape index (κ3) is 3.89. The highest BCUT2D eigenvalue weighted by Gasteiger charge is 2.40. The lowest BCUT2D eigenvalue weighted by atomic mass is 9.91. The molecule has 6 heteroatoms. The van der Waals surface area contributed by atoms with E-state index in [0.717, 1.165) is 32.7 Å². The summed E-state index contributed by atoms with van der Waals surface area (Å²) in [5.41, 5.74) is 11.0. The number of amides is 1. The summed E-state index contributed by atoms with van der Waals surface area (Å²) in [4.78, 5) is 16.8. The first kappa shape index (κ1) is 21.3. The maximum atomic E-state index is 12.8. The number of nitrogens with two attached hydrogens (primary N) is 1. The highest BCUT2D eigenvalue weighted by molar-refractivity contribution is 9.10. The molecule has 0 radical (unpaired) electrons. The number of hydrogen-bond acceptors (Lipinski definition) is 2. The average Bonchev–Trinajstić information content (AvgIpc) is 2.74. The molecule has 0 aromatic heterocycles. The highest BCUT2D eigenvalue weighted by atomic mass is 79.9. The van der Waals surface area contributed by atoms with E-state index in [9.17, 15) is 4.79 Å². The van der Waals surface area contributed by atoms with Gasteiger partial charge in [0.05, 0.1) is 11.6 Å². The third-order valence-corrected chi connectivity index (χ3v) is 6.35. The van der Waals surface area contributed by atoms with Crippen molar-refractivity contribution in [3.05, 3.63) is 106 Å². The van der Waals surface area contributed by atoms with Gasteiger partial charge in [0, 0.05) is 21.5 Å². The number of para-hydroxylation sites is 2. The minimum Gasteiger partial charge on any atom is -0.366 e. The number of hydrogen-bond donors (Lipinski definition) is 1. The second kappa shape index (κ2) is 8.65. The molecule has 31 heavy (non-hydrogen) atoms. The van der Waals surface area contributed by atoms with Crippen LogP contribution in [0.1, 0.15) is 24.1 Å². The van der Waals surface area contributed by atoms with Gasteiger partial charge in [-0.3, -0.25) is 9.69 Å². The smallest absolute Gasteiger partial charge is 0.248 e. The molecule has 4 nitrogen and oxygen atoms in total. The van der Waals surface area contributed by atoms with E-state index in [0.29, 0.717) is 10.7 Å². The number of anilines is 2. The Kier molecular flexibility index (Phi) is 5.94. The van der Waals surface area contributed by atoms with Gasteiger partial charge in [-0.25, -0.2) is 0 Å². The molecule has 0 saturated heterocycles. The van der Waals surface area contributed by atoms with E-state index in [-0.39, 0.29) is 0 Å². The van der Waals surface area contributed by atoms with Crippen molar-refractivity contribution in [3.63, 3.8) is 0 Å². The summed E-state index contributed by atoms with van der Waals surface area (Å²) in [6.45, 7) is 3.94. The van der Waals surface area contributed by atoms with Crippen molar-refractivity contribution < 1.29 is 4.79 Å². The van der Waals surface area contributed by atoms with E-state index in [1.165, 1.54) is 0 Å². The molecule has 1 amide bonds. The fourth-order valence-electron chi connectivity index (χ4n) is 4.07. The molecule has 0 aliphatic carbocycles. The van der Waals surface area contributed by atoms with Crippen LogP contribution in [0.15, 0.2) is 94.6 Å². The molecule has 1 atom stereocenters. The van der Waals surface area contributed by atoms with Gasteiger partial charge in [-0.2, -0.15) is 0 Å². The summed E-state index contributed by atoms with van der Waals surface area (Å²) < 4.78 is 0.924. The Balaban J connectivity index is 2.03. The molecule has 1 aliphatic heterocycles. The van der Waals surface area contributed by atoms with Gasteiger partial charge >= 0.3 is 0 Å². The van der Waals surface area contributed by atoms with E-state index >= 15 is 0 Å². The number of aryl methyl sites for hydroxylation is 1. The van der Waals surface area contributed by atoms with Gasteiger partial charge in [-0.15, -0.1) is 0 Å². The molecular weight excluding hydrogens is 470 g/mol. The molecule has 1 heterocycles. The Hall–Kier alpha value is -2.96. The fourth-order valence-corrected chi connectivity index (χ4v) is 4.93. The quantitative estimate of drug-likeness (QED) is 0.463. The van der Waals surface area contributed by atoms with Gasteiger partial charge in [-0.1, -0.05) is 64.5 Å². The zero-order valence-electron chi connectivity index (χ0n) is 17.2. The zero-order valence-corrected chi connectivity index (χ0v) is 19.7. The molecule has 1 unspecified atom stereocenters. The van der Waals surface area contributed by atoms with Crippen molar-refractivity contribution in [1.29, 1.82) is 0 Å². The topological polar surface area (TPSA) is 49.6 Å². The Morgan fingerprint density at radius 1 is 0.968 bits per heavy atom. The molecule has 156 valence electrons. The molecule has 0 fully saturated rings. The highest BCUT2D eigenvalue weighted by Crippen LogP contribution is 2.43. The number of primary amides is 1. The Labute approximate surface area is 196 Å². The maximum Gasteiger partial charge on any atom is 0.248 e. The molecule has 1 aliphatic rings. The first-order chi connectivity index (χ1) is 14.9. The van der Waals surface area contributed by atoms with Crippen molar-refractivity contribution in [2.45, 2.75) is 19.9 Å². The number of halogens is 1. The van der Waals surface area contributed by atoms with Crippen LogP contribution in [0.5, 0.6) is 0 Å². The van der Waals surface area contributed by atoms with Crippen molar-refractivity contribution in [2.75, 3.05) is 9.80 Å². The number of carbonyl (C=O) groups is 1. The number of carbonyl (C=O) groups excluding carboxylic acids is 1. The van der Waals surface area contributed by atoms with Crippen LogP contribution in [0, 0.1) is 6.92 Å². The van der Waals surface area contributed by atoms with Crippen LogP contribution in [0.4, 0.5) is 11.4 Å². The Morgan fingerprint density at radius 2 is 1.65 bits per heavy atom. The summed E-state index contributed by atoms with van der Waals surface area (Å²) in [5, 5.41) is 0.591. The van der Waals surface area contributed by atoms with Crippen molar-refractivity contribution in [3.8, 4) is 0 Å². The van der Waals surface area contributed by atoms with Crippen LogP contribution in [0.25, 0.3) is 0 Å². The number of benzene rings is 3. The van der Waals surface area contributed by atoms with Crippen LogP contribution in [-0.2, 0) is 4.79 Å². The van der Waals surface area contributed by atoms with E-state index < -0.39 is 11.9 Å². The summed E-state index contributed by atoms with van der Waals surface area (Å²) >= 11 is 9.61. The molecular formula is C25H22BrN3OS. The predicted octanol–water partition coefficient (Wildman–Crippen LogP) is 5.87. The van der Waals surface area contributed by atoms with Gasteiger partial charge in [0.25, 0.3) is 0 Å². The Bertz CT molecular complexity index is 1190. The van der Waals surface area contributed by atoms with Gasteiger partial charge < -0.3 is 10.6 Å². The molecule has 4 rings (SSSR count). The second-order valence-electron chi connectivity index (χ2n) is 7.43. The van der Waals surface area contributed by atoms with Crippen molar-refractivity contribution in [2.24, 2.45) is 5.73 Å². The standard InChI is InChI=1S/C25H22BrN3OS/c1-16-9-6-7-14-21(16)29-23(18-10-8-11-19(26)15-18)22(24(27)30)17(2)28(25(29)31)20-12-4-3-5-13-20/h3-15,23H,1-2H3,(H2,27,30). The summed E-state index contributed by atoms with van der Waals surface area (Å²) in [7, 11) is 0. The zero-order chi connectivity index (χ0) is 22.1. The van der Waals surface area contributed by atoms with Crippen molar-refractivity contribution >= 4 is 50.5 Å². The third-order valence-electron chi connectivity index (χ3n) is 5.47. The van der Waals surface area contributed by atoms with Crippen LogP contribution >= 0.6 is 28.1 Å². The lowest BCUT2D eigenvalue weighted by Gasteiger charge is -2.45. The van der Waals surface area contributed by atoms with Crippen LogP contribution in [-0.4, -0.2) is 11.0 Å². The van der Waals surface area contributed by atoms with E-state index in [1.807, 2.05) is 103 Å². The molecule has 0 bridgehead atoms. The second-order valence-corrected chi connectivity index (χ2v) is 8.71. The SMILES string of the molecule is CC1=C(C(N)=O)C(c2cccc(Br)c2)N(c2ccccc2C)C(=S)N1c1ccccc1. The molecule has 0 spiro atoms. The lowest BCUT2D eigenvalue weighted by molar-refractivity contribution is -0.114. The number of allylic oxidation sites excluding steroid dienone is 1. The van der Waals surface area contributed by atoms with E-state index in [1.54, 1.807) is 0 Å². The largest absolute Gasteiger partial charge is 0.366 e. The lowest BCUT2D eigenvalue weighted by Crippen LogP contribution is -2.52. The van der Waals surface area contributed by atoms with Gasteiger partial charge in [0.2, 0.25) is 5.91 Å². The van der Waals surface area contributed by atoms with Crippen LogP contribution in [0.3, 0.4) is 0 Å². The summed E-state index contributed by atoms with van der Waals surface area (Å²) in [6, 6.07) is 25.3. The van der Waals surface area contributed by atoms with Crippen LogP contribution in [0.2, 0.25) is 0 Å². The Morgan fingerprint density at radius 3 is 2.29 bits per heavy atom. The summed E-state index contributed by atoms with van der Waals surface area (Å²) in [6.07, 6.45) is 0. The van der Waals surface area contributed by atoms with Crippen molar-refractivity contribution in [1.82, 2.24) is 0 Å². The summed E-state index contributed by atoms with van der Waals surface area (Å²) in [5.74, 6) is -0.468. The molecule has 3 aromatic rings. The van der Waals surface area contributed by atoms with E-state index in [4.69, 9.17) is 18.0 Å². The molecule has 0 saturated carbocycles. The number of thiocarbonyl (C=S) groups is 1. The number of rotatable bonds is 4. The first-order valence-electron chi connectivity index (χ1n) is 9.90. The van der Waals surface area contributed by atoms with Gasteiger partial charge in [0.1, 0.15) is 0 Å². The van der Waals surface area contributed by atoms with Crippen LogP contribution < -0.4 is 15.5 Å². The number of nitrogens with zero attached hydrogens (tertiary/aromatic N) is 2. The molecule has 2 N–H and O–H groups in total. The minimum atomic E-state index is -0.468. The fraction of sp³-hybridized carbons (Fsp3) is 0.120. The maximum absolute atomic E-state index is 12.8.